The van der Waals surface area contributed by atoms with Crippen LogP contribution in [0.5, 0.6) is 5.75 Å². The molecule has 0 aromatic heterocycles. The Kier molecular flexibility index (Phi) is 6.48. The van der Waals surface area contributed by atoms with Crippen molar-refractivity contribution in [3.8, 4) is 5.75 Å². The second-order valence-corrected chi connectivity index (χ2v) is 6.84. The number of nitrogens with zero attached hydrogens (tertiary/aromatic N) is 2. The first-order chi connectivity index (χ1) is 10.0. The van der Waals surface area contributed by atoms with Crippen LogP contribution < -0.4 is 10.5 Å². The van der Waals surface area contributed by atoms with Crippen LogP contribution in [0.4, 0.5) is 0 Å². The molecule has 0 saturated carbocycles. The Labute approximate surface area is 136 Å². The van der Waals surface area contributed by atoms with Crippen molar-refractivity contribution in [1.82, 2.24) is 9.80 Å². The zero-order chi connectivity index (χ0) is 15.2. The van der Waals surface area contributed by atoms with E-state index in [0.717, 1.165) is 56.0 Å². The van der Waals surface area contributed by atoms with E-state index in [-0.39, 0.29) is 6.04 Å². The molecule has 1 fully saturated rings. The molecule has 21 heavy (non-hydrogen) atoms. The van der Waals surface area contributed by atoms with Gasteiger partial charge in [0.25, 0.3) is 0 Å². The van der Waals surface area contributed by atoms with Crippen LogP contribution in [0.1, 0.15) is 12.5 Å². The quantitative estimate of drug-likeness (QED) is 0.846. The number of piperazine rings is 1. The lowest BCUT2D eigenvalue weighted by atomic mass is 10.1. The van der Waals surface area contributed by atoms with E-state index < -0.39 is 0 Å². The summed E-state index contributed by atoms with van der Waals surface area (Å²) in [7, 11) is 2.18. The van der Waals surface area contributed by atoms with Crippen molar-refractivity contribution in [2.75, 3.05) is 46.4 Å². The molecule has 0 radical (unpaired) electrons. The average molecular weight is 356 g/mol. The Balaban J connectivity index is 1.85. The predicted molar refractivity (Wildman–Crippen MR) is 90.9 cm³/mol. The lowest BCUT2D eigenvalue weighted by molar-refractivity contribution is 0.133. The van der Waals surface area contributed by atoms with Crippen LogP contribution in [0.15, 0.2) is 22.7 Å². The summed E-state index contributed by atoms with van der Waals surface area (Å²) >= 11 is 3.51. The summed E-state index contributed by atoms with van der Waals surface area (Å²) in [4.78, 5) is 4.83. The fourth-order valence-electron chi connectivity index (χ4n) is 2.55. The smallest absolute Gasteiger partial charge is 0.122 e. The molecule has 118 valence electrons. The molecule has 1 unspecified atom stereocenters. The highest BCUT2D eigenvalue weighted by atomic mass is 79.9. The fourth-order valence-corrected chi connectivity index (χ4v) is 2.96. The van der Waals surface area contributed by atoms with E-state index in [9.17, 15) is 0 Å². The lowest BCUT2D eigenvalue weighted by Gasteiger charge is -2.32. The first kappa shape index (κ1) is 16.7. The van der Waals surface area contributed by atoms with Gasteiger partial charge in [0.15, 0.2) is 0 Å². The standard InChI is InChI=1S/C16H26BrN3O/c1-13(18)11-14-12-15(17)3-4-16(14)21-10-9-20-7-5-19(2)6-8-20/h3-4,12-13H,5-11,18H2,1-2H3. The van der Waals surface area contributed by atoms with Crippen LogP contribution in [0.25, 0.3) is 0 Å². The van der Waals surface area contributed by atoms with Crippen molar-refractivity contribution in [2.45, 2.75) is 19.4 Å². The molecular weight excluding hydrogens is 330 g/mol. The summed E-state index contributed by atoms with van der Waals surface area (Å²) in [5, 5.41) is 0. The van der Waals surface area contributed by atoms with E-state index in [1.54, 1.807) is 0 Å². The predicted octanol–water partition coefficient (Wildman–Crippen LogP) is 1.97. The van der Waals surface area contributed by atoms with E-state index in [4.69, 9.17) is 10.5 Å². The van der Waals surface area contributed by atoms with Gasteiger partial charge in [0.2, 0.25) is 0 Å². The lowest BCUT2D eigenvalue weighted by Crippen LogP contribution is -2.45. The van der Waals surface area contributed by atoms with Gasteiger partial charge in [0.1, 0.15) is 12.4 Å². The normalized spacial score (nSPS) is 18.7. The van der Waals surface area contributed by atoms with E-state index in [1.807, 2.05) is 19.1 Å². The Morgan fingerprint density at radius 3 is 2.67 bits per heavy atom. The molecule has 1 aromatic rings. The highest BCUT2D eigenvalue weighted by Gasteiger charge is 2.14. The molecule has 1 heterocycles. The number of nitrogens with two attached hydrogens (primary N) is 1. The topological polar surface area (TPSA) is 41.7 Å². The summed E-state index contributed by atoms with van der Waals surface area (Å²) < 4.78 is 7.06. The molecule has 5 heteroatoms. The van der Waals surface area contributed by atoms with E-state index in [1.165, 1.54) is 5.56 Å². The van der Waals surface area contributed by atoms with Crippen molar-refractivity contribution >= 4 is 15.9 Å². The minimum Gasteiger partial charge on any atom is -0.492 e. The Bertz CT molecular complexity index is 445. The summed E-state index contributed by atoms with van der Waals surface area (Å²) in [5.74, 6) is 0.963. The summed E-state index contributed by atoms with van der Waals surface area (Å²) in [5.41, 5.74) is 7.10. The van der Waals surface area contributed by atoms with Crippen molar-refractivity contribution in [3.63, 3.8) is 0 Å². The van der Waals surface area contributed by atoms with Gasteiger partial charge in [-0.3, -0.25) is 4.90 Å². The van der Waals surface area contributed by atoms with Crippen molar-refractivity contribution in [3.05, 3.63) is 28.2 Å². The van der Waals surface area contributed by atoms with Gasteiger partial charge < -0.3 is 15.4 Å². The molecule has 2 rings (SSSR count). The van der Waals surface area contributed by atoms with Crippen LogP contribution >= 0.6 is 15.9 Å². The minimum absolute atomic E-state index is 0.138. The Morgan fingerprint density at radius 2 is 2.00 bits per heavy atom. The number of rotatable bonds is 6. The summed E-state index contributed by atoms with van der Waals surface area (Å²) in [6.45, 7) is 8.30. The molecule has 0 aliphatic carbocycles. The van der Waals surface area contributed by atoms with Crippen LogP contribution in [0, 0.1) is 0 Å². The highest BCUT2D eigenvalue weighted by molar-refractivity contribution is 9.10. The number of ether oxygens (including phenoxy) is 1. The van der Waals surface area contributed by atoms with Gasteiger partial charge in [0, 0.05) is 43.2 Å². The minimum atomic E-state index is 0.138. The number of hydrogen-bond donors (Lipinski definition) is 1. The third-order valence-corrected chi connectivity index (χ3v) is 4.32. The third-order valence-electron chi connectivity index (χ3n) is 3.83. The maximum atomic E-state index is 5.99. The van der Waals surface area contributed by atoms with Gasteiger partial charge in [0.05, 0.1) is 0 Å². The molecule has 0 bridgehead atoms. The van der Waals surface area contributed by atoms with Crippen LogP contribution in [-0.4, -0.2) is 62.2 Å². The molecule has 1 atom stereocenters. The van der Waals surface area contributed by atoms with Crippen LogP contribution in [0.2, 0.25) is 0 Å². The molecule has 1 saturated heterocycles. The van der Waals surface area contributed by atoms with Gasteiger partial charge in [-0.1, -0.05) is 15.9 Å². The monoisotopic (exact) mass is 355 g/mol. The van der Waals surface area contributed by atoms with E-state index in [0.29, 0.717) is 0 Å². The number of hydrogen-bond acceptors (Lipinski definition) is 4. The van der Waals surface area contributed by atoms with Gasteiger partial charge >= 0.3 is 0 Å². The first-order valence-corrected chi connectivity index (χ1v) is 8.41. The number of benzene rings is 1. The number of likely N-dealkylation sites (N-methyl/N-ethyl adjacent to an activating group) is 1. The van der Waals surface area contributed by atoms with Crippen molar-refractivity contribution in [1.29, 1.82) is 0 Å². The van der Waals surface area contributed by atoms with Gasteiger partial charge in [-0.2, -0.15) is 0 Å². The Morgan fingerprint density at radius 1 is 1.29 bits per heavy atom. The van der Waals surface area contributed by atoms with E-state index >= 15 is 0 Å². The SMILES string of the molecule is CC(N)Cc1cc(Br)ccc1OCCN1CCN(C)CC1. The first-order valence-electron chi connectivity index (χ1n) is 7.62. The molecular formula is C16H26BrN3O. The zero-order valence-corrected chi connectivity index (χ0v) is 14.6. The summed E-state index contributed by atoms with van der Waals surface area (Å²) in [6, 6.07) is 6.30. The van der Waals surface area contributed by atoms with Crippen molar-refractivity contribution in [2.24, 2.45) is 5.73 Å². The molecule has 1 aromatic carbocycles. The molecule has 1 aliphatic heterocycles. The van der Waals surface area contributed by atoms with Crippen molar-refractivity contribution < 1.29 is 4.74 Å². The molecule has 4 nitrogen and oxygen atoms in total. The second kappa shape index (κ2) is 8.13. The maximum absolute atomic E-state index is 5.99. The second-order valence-electron chi connectivity index (χ2n) is 5.93. The fraction of sp³-hybridized carbons (Fsp3) is 0.625. The molecule has 0 amide bonds. The van der Waals surface area contributed by atoms with Crippen LogP contribution in [-0.2, 0) is 6.42 Å². The zero-order valence-electron chi connectivity index (χ0n) is 13.0. The largest absolute Gasteiger partial charge is 0.492 e. The van der Waals surface area contributed by atoms with Gasteiger partial charge in [-0.05, 0) is 44.2 Å². The highest BCUT2D eigenvalue weighted by Crippen LogP contribution is 2.24. The molecule has 0 spiro atoms. The number of halogens is 1. The average Bonchev–Trinajstić information content (AvgIpc) is 2.43. The molecule has 2 N–H and O–H groups in total. The molecule has 1 aliphatic rings. The van der Waals surface area contributed by atoms with E-state index in [2.05, 4.69) is 38.8 Å². The maximum Gasteiger partial charge on any atom is 0.122 e. The Hall–Kier alpha value is -0.620. The third kappa shape index (κ3) is 5.58. The summed E-state index contributed by atoms with van der Waals surface area (Å²) in [6.07, 6.45) is 0.837. The van der Waals surface area contributed by atoms with Gasteiger partial charge in [-0.15, -0.1) is 0 Å². The van der Waals surface area contributed by atoms with Gasteiger partial charge in [-0.25, -0.2) is 0 Å². The van der Waals surface area contributed by atoms with Crippen LogP contribution in [0.3, 0.4) is 0 Å².